The highest BCUT2D eigenvalue weighted by molar-refractivity contribution is 6.05. The van der Waals surface area contributed by atoms with Gasteiger partial charge in [0.15, 0.2) is 0 Å². The lowest BCUT2D eigenvalue weighted by Crippen LogP contribution is -2.43. The van der Waals surface area contributed by atoms with Crippen LogP contribution in [0.3, 0.4) is 0 Å². The summed E-state index contributed by atoms with van der Waals surface area (Å²) in [6, 6.07) is 1.28. The van der Waals surface area contributed by atoms with Gasteiger partial charge in [0.2, 0.25) is 17.7 Å². The molecule has 2 N–H and O–H groups in total. The molecule has 1 saturated heterocycles. The van der Waals surface area contributed by atoms with Gasteiger partial charge < -0.3 is 5.32 Å². The Morgan fingerprint density at radius 1 is 1.59 bits per heavy atom. The SMILES string of the molecule is CN1C(=O)CC(NCC(=O)NCCC#N)C1=O. The summed E-state index contributed by atoms with van der Waals surface area (Å²) in [4.78, 5) is 34.9. The minimum absolute atomic E-state index is 0.0387. The van der Waals surface area contributed by atoms with Gasteiger partial charge in [0, 0.05) is 13.6 Å². The van der Waals surface area contributed by atoms with Gasteiger partial charge in [-0.3, -0.25) is 24.6 Å². The summed E-state index contributed by atoms with van der Waals surface area (Å²) < 4.78 is 0. The predicted molar refractivity (Wildman–Crippen MR) is 57.4 cm³/mol. The Bertz CT molecular complexity index is 374. The third-order valence-corrected chi connectivity index (χ3v) is 2.45. The molecular formula is C10H14N4O3. The highest BCUT2D eigenvalue weighted by Crippen LogP contribution is 2.09. The van der Waals surface area contributed by atoms with Crippen LogP contribution in [0.2, 0.25) is 0 Å². The van der Waals surface area contributed by atoms with Gasteiger partial charge in [-0.05, 0) is 0 Å². The van der Waals surface area contributed by atoms with E-state index in [0.29, 0.717) is 0 Å². The zero-order chi connectivity index (χ0) is 12.8. The predicted octanol–water partition coefficient (Wildman–Crippen LogP) is -1.64. The summed E-state index contributed by atoms with van der Waals surface area (Å²) >= 11 is 0. The van der Waals surface area contributed by atoms with Gasteiger partial charge in [-0.15, -0.1) is 0 Å². The maximum Gasteiger partial charge on any atom is 0.246 e. The largest absolute Gasteiger partial charge is 0.354 e. The first-order valence-corrected chi connectivity index (χ1v) is 5.23. The Hall–Kier alpha value is -1.94. The number of amides is 3. The molecule has 0 aromatic rings. The minimum atomic E-state index is -0.616. The average molecular weight is 238 g/mol. The molecule has 0 aromatic carbocycles. The van der Waals surface area contributed by atoms with E-state index < -0.39 is 6.04 Å². The molecule has 17 heavy (non-hydrogen) atoms. The molecule has 1 unspecified atom stereocenters. The van der Waals surface area contributed by atoms with Crippen molar-refractivity contribution in [2.45, 2.75) is 18.9 Å². The fraction of sp³-hybridized carbons (Fsp3) is 0.600. The number of rotatable bonds is 5. The molecule has 7 heteroatoms. The van der Waals surface area contributed by atoms with E-state index in [0.717, 1.165) is 4.90 Å². The molecule has 1 aliphatic rings. The molecule has 0 bridgehead atoms. The fourth-order valence-corrected chi connectivity index (χ4v) is 1.45. The first-order valence-electron chi connectivity index (χ1n) is 5.23. The Morgan fingerprint density at radius 2 is 2.29 bits per heavy atom. The van der Waals surface area contributed by atoms with E-state index in [1.807, 2.05) is 6.07 Å². The van der Waals surface area contributed by atoms with Crippen LogP contribution in [0.25, 0.3) is 0 Å². The van der Waals surface area contributed by atoms with Gasteiger partial charge in [-0.1, -0.05) is 0 Å². The molecule has 1 atom stereocenters. The third-order valence-electron chi connectivity index (χ3n) is 2.45. The molecule has 92 valence electrons. The van der Waals surface area contributed by atoms with Crippen LogP contribution < -0.4 is 10.6 Å². The van der Waals surface area contributed by atoms with Gasteiger partial charge >= 0.3 is 0 Å². The minimum Gasteiger partial charge on any atom is -0.354 e. The maximum absolute atomic E-state index is 11.5. The van der Waals surface area contributed by atoms with Crippen LogP contribution in [0.5, 0.6) is 0 Å². The Labute approximate surface area is 98.8 Å². The van der Waals surface area contributed by atoms with Crippen molar-refractivity contribution >= 4 is 17.7 Å². The van der Waals surface area contributed by atoms with Crippen LogP contribution in [0, 0.1) is 11.3 Å². The summed E-state index contributed by atoms with van der Waals surface area (Å²) in [7, 11) is 1.42. The second kappa shape index (κ2) is 5.96. The van der Waals surface area contributed by atoms with E-state index in [2.05, 4.69) is 10.6 Å². The summed E-state index contributed by atoms with van der Waals surface area (Å²) in [6.07, 6.45) is 0.329. The summed E-state index contributed by atoms with van der Waals surface area (Å²) in [5.41, 5.74) is 0. The van der Waals surface area contributed by atoms with Crippen LogP contribution in [0.1, 0.15) is 12.8 Å². The van der Waals surface area contributed by atoms with E-state index in [9.17, 15) is 14.4 Å². The van der Waals surface area contributed by atoms with Crippen molar-refractivity contribution < 1.29 is 14.4 Å². The normalized spacial score (nSPS) is 19.3. The van der Waals surface area contributed by atoms with Gasteiger partial charge in [0.25, 0.3) is 0 Å². The lowest BCUT2D eigenvalue weighted by atomic mass is 10.2. The lowest BCUT2D eigenvalue weighted by molar-refractivity contribution is -0.137. The second-order valence-corrected chi connectivity index (χ2v) is 3.69. The monoisotopic (exact) mass is 238 g/mol. The molecule has 0 radical (unpaired) electrons. The summed E-state index contributed by atoms with van der Waals surface area (Å²) in [5, 5.41) is 13.5. The van der Waals surface area contributed by atoms with Crippen LogP contribution in [0.4, 0.5) is 0 Å². The highest BCUT2D eigenvalue weighted by Gasteiger charge is 2.35. The van der Waals surface area contributed by atoms with Crippen molar-refractivity contribution in [3.8, 4) is 6.07 Å². The number of nitriles is 1. The van der Waals surface area contributed by atoms with Gasteiger partial charge in [-0.25, -0.2) is 0 Å². The van der Waals surface area contributed by atoms with Crippen molar-refractivity contribution in [2.75, 3.05) is 20.1 Å². The van der Waals surface area contributed by atoms with E-state index in [1.54, 1.807) is 0 Å². The number of hydrogen-bond acceptors (Lipinski definition) is 5. The molecule has 1 aliphatic heterocycles. The van der Waals surface area contributed by atoms with E-state index in [4.69, 9.17) is 5.26 Å². The van der Waals surface area contributed by atoms with Crippen molar-refractivity contribution in [3.05, 3.63) is 0 Å². The summed E-state index contributed by atoms with van der Waals surface area (Å²) in [6.45, 7) is 0.247. The Balaban J connectivity index is 2.28. The van der Waals surface area contributed by atoms with Crippen LogP contribution in [-0.2, 0) is 14.4 Å². The first kappa shape index (κ1) is 13.1. The molecule has 0 saturated carbocycles. The zero-order valence-corrected chi connectivity index (χ0v) is 9.52. The Morgan fingerprint density at radius 3 is 2.82 bits per heavy atom. The smallest absolute Gasteiger partial charge is 0.246 e. The van der Waals surface area contributed by atoms with Gasteiger partial charge in [0.05, 0.1) is 31.5 Å². The number of imide groups is 1. The highest BCUT2D eigenvalue weighted by atomic mass is 16.2. The third kappa shape index (κ3) is 3.53. The number of hydrogen-bond donors (Lipinski definition) is 2. The topological polar surface area (TPSA) is 102 Å². The summed E-state index contributed by atoms with van der Waals surface area (Å²) in [5.74, 6) is -0.868. The van der Waals surface area contributed by atoms with Crippen molar-refractivity contribution in [1.29, 1.82) is 5.26 Å². The standard InChI is InChI=1S/C10H14N4O3/c1-14-9(16)5-7(10(14)17)13-6-8(15)12-4-2-3-11/h7,13H,2,4-6H2,1H3,(H,12,15). The van der Waals surface area contributed by atoms with E-state index in [1.165, 1.54) is 7.05 Å². The zero-order valence-electron chi connectivity index (χ0n) is 9.52. The Kier molecular flexibility index (Phi) is 4.60. The average Bonchev–Trinajstić information content (AvgIpc) is 2.54. The molecule has 7 nitrogen and oxygen atoms in total. The number of likely N-dealkylation sites (N-methyl/N-ethyl adjacent to an activating group) is 1. The number of likely N-dealkylation sites (tertiary alicyclic amines) is 1. The number of carbonyl (C=O) groups excluding carboxylic acids is 3. The van der Waals surface area contributed by atoms with E-state index >= 15 is 0 Å². The molecule has 0 spiro atoms. The molecule has 0 aliphatic carbocycles. The van der Waals surface area contributed by atoms with E-state index in [-0.39, 0.29) is 43.7 Å². The van der Waals surface area contributed by atoms with Crippen LogP contribution >= 0.6 is 0 Å². The van der Waals surface area contributed by atoms with Crippen molar-refractivity contribution in [1.82, 2.24) is 15.5 Å². The van der Waals surface area contributed by atoms with Gasteiger partial charge in [0.1, 0.15) is 0 Å². The molecule has 3 amide bonds. The molecular weight excluding hydrogens is 224 g/mol. The number of nitrogens with zero attached hydrogens (tertiary/aromatic N) is 2. The van der Waals surface area contributed by atoms with Crippen LogP contribution in [0.15, 0.2) is 0 Å². The lowest BCUT2D eigenvalue weighted by Gasteiger charge is -2.10. The quantitative estimate of drug-likeness (QED) is 0.442. The van der Waals surface area contributed by atoms with Crippen LogP contribution in [-0.4, -0.2) is 48.8 Å². The van der Waals surface area contributed by atoms with Gasteiger partial charge in [-0.2, -0.15) is 5.26 Å². The number of carbonyl (C=O) groups is 3. The molecule has 1 rings (SSSR count). The molecule has 1 fully saturated rings. The van der Waals surface area contributed by atoms with Crippen molar-refractivity contribution in [2.24, 2.45) is 0 Å². The fourth-order valence-electron chi connectivity index (χ4n) is 1.45. The maximum atomic E-state index is 11.5. The molecule has 1 heterocycles. The van der Waals surface area contributed by atoms with Crippen molar-refractivity contribution in [3.63, 3.8) is 0 Å². The molecule has 0 aromatic heterocycles. The second-order valence-electron chi connectivity index (χ2n) is 3.69. The first-order chi connectivity index (χ1) is 8.06. The number of nitrogens with one attached hydrogen (secondary N) is 2.